The van der Waals surface area contributed by atoms with Gasteiger partial charge in [-0.3, -0.25) is 4.79 Å². The second-order valence-corrected chi connectivity index (χ2v) is 6.02. The van der Waals surface area contributed by atoms with Gasteiger partial charge in [-0.1, -0.05) is 23.4 Å². The fraction of sp³-hybridized carbons (Fsp3) is 0.211. The SMILES string of the molecule is Cc1c(C(=O)N(C)CCc2ccccc2O)nnn1-c1ccc(F)cc1. The highest BCUT2D eigenvalue weighted by atomic mass is 19.1. The van der Waals surface area contributed by atoms with Crippen LogP contribution in [-0.4, -0.2) is 44.5 Å². The molecule has 0 unspecified atom stereocenters. The third-order valence-electron chi connectivity index (χ3n) is 4.22. The van der Waals surface area contributed by atoms with Crippen molar-refractivity contribution >= 4 is 5.91 Å². The summed E-state index contributed by atoms with van der Waals surface area (Å²) in [5.41, 5.74) is 2.23. The highest BCUT2D eigenvalue weighted by molar-refractivity contribution is 5.93. The molecule has 1 heterocycles. The number of hydrogen-bond acceptors (Lipinski definition) is 4. The maximum Gasteiger partial charge on any atom is 0.276 e. The summed E-state index contributed by atoms with van der Waals surface area (Å²) in [7, 11) is 1.68. The Hall–Kier alpha value is -3.22. The number of rotatable bonds is 5. The monoisotopic (exact) mass is 354 g/mol. The minimum absolute atomic E-state index is 0.215. The van der Waals surface area contributed by atoms with Crippen LogP contribution in [0.2, 0.25) is 0 Å². The van der Waals surface area contributed by atoms with Gasteiger partial charge >= 0.3 is 0 Å². The standard InChI is InChI=1S/C19H19FN4O2/c1-13-18(21-22-24(13)16-9-7-15(20)8-10-16)19(26)23(2)12-11-14-5-3-4-6-17(14)25/h3-10,25H,11-12H2,1-2H3. The number of aromatic nitrogens is 3. The molecule has 6 nitrogen and oxygen atoms in total. The van der Waals surface area contributed by atoms with Crippen molar-refractivity contribution in [1.29, 1.82) is 0 Å². The molecule has 3 rings (SSSR count). The van der Waals surface area contributed by atoms with E-state index in [4.69, 9.17) is 0 Å². The van der Waals surface area contributed by atoms with E-state index in [1.165, 1.54) is 16.8 Å². The molecule has 1 aromatic heterocycles. The zero-order chi connectivity index (χ0) is 18.7. The molecule has 0 fully saturated rings. The van der Waals surface area contributed by atoms with Gasteiger partial charge < -0.3 is 10.0 Å². The van der Waals surface area contributed by atoms with Gasteiger partial charge in [-0.25, -0.2) is 9.07 Å². The van der Waals surface area contributed by atoms with E-state index in [1.54, 1.807) is 43.1 Å². The second-order valence-electron chi connectivity index (χ2n) is 6.02. The summed E-state index contributed by atoms with van der Waals surface area (Å²) in [5.74, 6) is -0.384. The first-order valence-corrected chi connectivity index (χ1v) is 8.18. The highest BCUT2D eigenvalue weighted by Gasteiger charge is 2.21. The normalized spacial score (nSPS) is 10.7. The fourth-order valence-corrected chi connectivity index (χ4v) is 2.65. The summed E-state index contributed by atoms with van der Waals surface area (Å²) in [4.78, 5) is 14.2. The number of phenols is 1. The van der Waals surface area contributed by atoms with E-state index in [9.17, 15) is 14.3 Å². The minimum atomic E-state index is -0.341. The first-order chi connectivity index (χ1) is 12.5. The molecule has 134 valence electrons. The summed E-state index contributed by atoms with van der Waals surface area (Å²) in [5, 5.41) is 17.8. The predicted octanol–water partition coefficient (Wildman–Crippen LogP) is 2.74. The van der Waals surface area contributed by atoms with Crippen LogP contribution in [0.5, 0.6) is 5.75 Å². The first kappa shape index (κ1) is 17.6. The van der Waals surface area contributed by atoms with Crippen LogP contribution in [-0.2, 0) is 6.42 Å². The van der Waals surface area contributed by atoms with Crippen molar-refractivity contribution in [3.8, 4) is 11.4 Å². The molecule has 0 aliphatic rings. The van der Waals surface area contributed by atoms with Crippen LogP contribution in [0, 0.1) is 12.7 Å². The predicted molar refractivity (Wildman–Crippen MR) is 94.8 cm³/mol. The van der Waals surface area contributed by atoms with E-state index in [0.717, 1.165) is 5.56 Å². The number of phenolic OH excluding ortho intramolecular Hbond substituents is 1. The van der Waals surface area contributed by atoms with Crippen molar-refractivity contribution in [2.75, 3.05) is 13.6 Å². The zero-order valence-electron chi connectivity index (χ0n) is 14.6. The van der Waals surface area contributed by atoms with Crippen molar-refractivity contribution in [2.45, 2.75) is 13.3 Å². The van der Waals surface area contributed by atoms with Crippen LogP contribution in [0.4, 0.5) is 4.39 Å². The summed E-state index contributed by atoms with van der Waals surface area (Å²) >= 11 is 0. The number of amides is 1. The van der Waals surface area contributed by atoms with Crippen LogP contribution in [0.15, 0.2) is 48.5 Å². The van der Waals surface area contributed by atoms with Gasteiger partial charge in [0.2, 0.25) is 0 Å². The van der Waals surface area contributed by atoms with Crippen molar-refractivity contribution in [3.05, 3.63) is 71.3 Å². The minimum Gasteiger partial charge on any atom is -0.508 e. The molecule has 0 spiro atoms. The highest BCUT2D eigenvalue weighted by Crippen LogP contribution is 2.17. The maximum absolute atomic E-state index is 13.1. The van der Waals surface area contributed by atoms with Crippen molar-refractivity contribution in [1.82, 2.24) is 19.9 Å². The molecule has 0 saturated heterocycles. The van der Waals surface area contributed by atoms with Crippen molar-refractivity contribution in [2.24, 2.45) is 0 Å². The molecule has 3 aromatic rings. The van der Waals surface area contributed by atoms with Gasteiger partial charge in [-0.15, -0.1) is 5.10 Å². The Morgan fingerprint density at radius 2 is 1.88 bits per heavy atom. The molecule has 0 aliphatic heterocycles. The zero-order valence-corrected chi connectivity index (χ0v) is 14.6. The number of halogens is 1. The van der Waals surface area contributed by atoms with Gasteiger partial charge in [-0.05, 0) is 49.2 Å². The quantitative estimate of drug-likeness (QED) is 0.765. The van der Waals surface area contributed by atoms with E-state index in [1.807, 2.05) is 12.1 Å². The largest absolute Gasteiger partial charge is 0.508 e. The van der Waals surface area contributed by atoms with Gasteiger partial charge in [0.1, 0.15) is 11.6 Å². The molecule has 26 heavy (non-hydrogen) atoms. The lowest BCUT2D eigenvalue weighted by atomic mass is 10.1. The third kappa shape index (κ3) is 3.56. The van der Waals surface area contributed by atoms with Gasteiger partial charge in [-0.2, -0.15) is 0 Å². The number of carbonyl (C=O) groups excluding carboxylic acids is 1. The van der Waals surface area contributed by atoms with Gasteiger partial charge in [0.05, 0.1) is 11.4 Å². The van der Waals surface area contributed by atoms with Crippen LogP contribution < -0.4 is 0 Å². The molecular weight excluding hydrogens is 335 g/mol. The van der Waals surface area contributed by atoms with Gasteiger partial charge in [0, 0.05) is 13.6 Å². The molecule has 2 aromatic carbocycles. The lowest BCUT2D eigenvalue weighted by Crippen LogP contribution is -2.29. The molecular formula is C19H19FN4O2. The molecule has 0 saturated carbocycles. The Morgan fingerprint density at radius 1 is 1.19 bits per heavy atom. The van der Waals surface area contributed by atoms with E-state index in [2.05, 4.69) is 10.3 Å². The lowest BCUT2D eigenvalue weighted by Gasteiger charge is -2.16. The van der Waals surface area contributed by atoms with E-state index in [-0.39, 0.29) is 23.2 Å². The van der Waals surface area contributed by atoms with Crippen LogP contribution >= 0.6 is 0 Å². The average molecular weight is 354 g/mol. The molecule has 0 aliphatic carbocycles. The molecule has 0 radical (unpaired) electrons. The molecule has 1 N–H and O–H groups in total. The number of carbonyl (C=O) groups is 1. The fourth-order valence-electron chi connectivity index (χ4n) is 2.65. The third-order valence-corrected chi connectivity index (χ3v) is 4.22. The van der Waals surface area contributed by atoms with Crippen molar-refractivity contribution < 1.29 is 14.3 Å². The van der Waals surface area contributed by atoms with Crippen LogP contribution in [0.25, 0.3) is 5.69 Å². The molecule has 1 amide bonds. The molecule has 7 heteroatoms. The number of para-hydroxylation sites is 1. The van der Waals surface area contributed by atoms with Crippen LogP contribution in [0.1, 0.15) is 21.7 Å². The summed E-state index contributed by atoms with van der Waals surface area (Å²) in [6, 6.07) is 12.9. The Morgan fingerprint density at radius 3 is 2.58 bits per heavy atom. The molecule has 0 bridgehead atoms. The molecule has 0 atom stereocenters. The summed E-state index contributed by atoms with van der Waals surface area (Å²) in [6.45, 7) is 2.17. The second kappa shape index (κ2) is 7.35. The number of likely N-dealkylation sites (N-methyl/N-ethyl adjacent to an activating group) is 1. The Labute approximate surface area is 150 Å². The van der Waals surface area contributed by atoms with Crippen molar-refractivity contribution in [3.63, 3.8) is 0 Å². The Bertz CT molecular complexity index is 922. The van der Waals surface area contributed by atoms with E-state index >= 15 is 0 Å². The first-order valence-electron chi connectivity index (χ1n) is 8.18. The number of hydrogen-bond donors (Lipinski definition) is 1. The Balaban J connectivity index is 1.73. The summed E-state index contributed by atoms with van der Waals surface area (Å²) in [6.07, 6.45) is 0.528. The topological polar surface area (TPSA) is 71.2 Å². The number of aromatic hydroxyl groups is 1. The lowest BCUT2D eigenvalue weighted by molar-refractivity contribution is 0.0789. The summed E-state index contributed by atoms with van der Waals surface area (Å²) < 4.78 is 14.6. The Kier molecular flexibility index (Phi) is 4.97. The van der Waals surface area contributed by atoms with Gasteiger partial charge in [0.25, 0.3) is 5.91 Å². The van der Waals surface area contributed by atoms with Gasteiger partial charge in [0.15, 0.2) is 5.69 Å². The smallest absolute Gasteiger partial charge is 0.276 e. The van der Waals surface area contributed by atoms with E-state index < -0.39 is 0 Å². The number of nitrogens with zero attached hydrogens (tertiary/aromatic N) is 4. The average Bonchev–Trinajstić information content (AvgIpc) is 3.02. The van der Waals surface area contributed by atoms with E-state index in [0.29, 0.717) is 24.3 Å². The maximum atomic E-state index is 13.1. The van der Waals surface area contributed by atoms with Crippen LogP contribution in [0.3, 0.4) is 0 Å². The number of benzene rings is 2.